The zero-order valence-corrected chi connectivity index (χ0v) is 14.4. The van der Waals surface area contributed by atoms with Crippen LogP contribution in [0.2, 0.25) is 0 Å². The van der Waals surface area contributed by atoms with Gasteiger partial charge in [0.05, 0.1) is 13.2 Å². The van der Waals surface area contributed by atoms with Crippen molar-refractivity contribution in [1.82, 2.24) is 4.90 Å². The topological polar surface area (TPSA) is 67.9 Å². The summed E-state index contributed by atoms with van der Waals surface area (Å²) in [4.78, 5) is 26.3. The van der Waals surface area contributed by atoms with E-state index >= 15 is 0 Å². The lowest BCUT2D eigenvalue weighted by Gasteiger charge is -2.38. The molecule has 0 unspecified atom stereocenters. The molecule has 1 fully saturated rings. The normalized spacial score (nSPS) is 20.0. The number of likely N-dealkylation sites (N-methyl/N-ethyl adjacent to an activating group) is 1. The maximum Gasteiger partial charge on any atom is 0.256 e. The van der Waals surface area contributed by atoms with Crippen molar-refractivity contribution in [2.24, 2.45) is 0 Å². The molecule has 1 N–H and O–H groups in total. The van der Waals surface area contributed by atoms with Gasteiger partial charge in [-0.2, -0.15) is 0 Å². The molecule has 1 aliphatic rings. The molecule has 3 rings (SSSR count). The Kier molecular flexibility index (Phi) is 5.18. The summed E-state index contributed by atoms with van der Waals surface area (Å²) in [5.74, 6) is -0.428. The number of carbonyl (C=O) groups is 2. The number of carbonyl (C=O) groups excluding carboxylic acids is 2. The minimum absolute atomic E-state index is 0.190. The average molecular weight is 358 g/mol. The third kappa shape index (κ3) is 3.67. The molecular formula is C19H19FN2O4. The molecular weight excluding hydrogens is 339 g/mol. The van der Waals surface area contributed by atoms with Gasteiger partial charge in [0.25, 0.3) is 5.91 Å². The number of morpholine rings is 1. The van der Waals surface area contributed by atoms with Crippen LogP contribution in [0.4, 0.5) is 10.1 Å². The Hall–Kier alpha value is -2.93. The number of hydrogen-bond acceptors (Lipinski definition) is 4. The molecule has 0 aromatic heterocycles. The van der Waals surface area contributed by atoms with Gasteiger partial charge in [0.15, 0.2) is 6.10 Å². The predicted octanol–water partition coefficient (Wildman–Crippen LogP) is 2.37. The first-order valence-corrected chi connectivity index (χ1v) is 8.07. The molecule has 0 bridgehead atoms. The van der Waals surface area contributed by atoms with E-state index in [1.54, 1.807) is 43.4 Å². The van der Waals surface area contributed by atoms with Gasteiger partial charge < -0.3 is 19.7 Å². The van der Waals surface area contributed by atoms with Crippen LogP contribution in [0.3, 0.4) is 0 Å². The molecule has 1 aliphatic heterocycles. The minimum Gasteiger partial charge on any atom is -0.497 e. The molecule has 136 valence electrons. The molecule has 0 aliphatic carbocycles. The first-order chi connectivity index (χ1) is 12.5. The van der Waals surface area contributed by atoms with Crippen molar-refractivity contribution >= 4 is 17.5 Å². The Balaban J connectivity index is 1.86. The van der Waals surface area contributed by atoms with Gasteiger partial charge >= 0.3 is 0 Å². The van der Waals surface area contributed by atoms with E-state index < -0.39 is 23.9 Å². The predicted molar refractivity (Wildman–Crippen MR) is 93.3 cm³/mol. The van der Waals surface area contributed by atoms with E-state index in [4.69, 9.17) is 9.47 Å². The molecule has 2 aromatic carbocycles. The van der Waals surface area contributed by atoms with E-state index in [1.165, 1.54) is 24.1 Å². The number of rotatable bonds is 4. The van der Waals surface area contributed by atoms with E-state index in [9.17, 15) is 14.0 Å². The summed E-state index contributed by atoms with van der Waals surface area (Å²) in [7, 11) is 3.14. The molecule has 0 spiro atoms. The van der Waals surface area contributed by atoms with Crippen LogP contribution >= 0.6 is 0 Å². The summed E-state index contributed by atoms with van der Waals surface area (Å²) in [6.07, 6.45) is -0.922. The molecule has 7 heteroatoms. The molecule has 1 saturated heterocycles. The molecule has 2 amide bonds. The second-order valence-electron chi connectivity index (χ2n) is 5.95. The Morgan fingerprint density at radius 1 is 1.27 bits per heavy atom. The highest BCUT2D eigenvalue weighted by Crippen LogP contribution is 2.30. The highest BCUT2D eigenvalue weighted by atomic mass is 19.1. The van der Waals surface area contributed by atoms with Gasteiger partial charge in [0, 0.05) is 18.8 Å². The number of ether oxygens (including phenoxy) is 2. The van der Waals surface area contributed by atoms with Gasteiger partial charge in [-0.1, -0.05) is 18.2 Å². The third-order valence-corrected chi connectivity index (χ3v) is 4.29. The van der Waals surface area contributed by atoms with Crippen molar-refractivity contribution in [3.05, 3.63) is 59.9 Å². The number of anilines is 1. The highest BCUT2D eigenvalue weighted by Gasteiger charge is 2.40. The molecule has 2 aromatic rings. The van der Waals surface area contributed by atoms with Crippen molar-refractivity contribution in [2.75, 3.05) is 26.1 Å². The Labute approximate surface area is 150 Å². The molecule has 1 heterocycles. The number of benzene rings is 2. The summed E-state index contributed by atoms with van der Waals surface area (Å²) in [5, 5.41) is 2.78. The van der Waals surface area contributed by atoms with Crippen LogP contribution < -0.4 is 10.1 Å². The smallest absolute Gasteiger partial charge is 0.256 e. The summed E-state index contributed by atoms with van der Waals surface area (Å²) in [5.41, 5.74) is 1.17. The molecule has 26 heavy (non-hydrogen) atoms. The lowest BCUT2D eigenvalue weighted by atomic mass is 9.97. The lowest BCUT2D eigenvalue weighted by Crippen LogP contribution is -2.51. The van der Waals surface area contributed by atoms with Crippen molar-refractivity contribution < 1.29 is 23.5 Å². The summed E-state index contributed by atoms with van der Waals surface area (Å²) < 4.78 is 23.9. The van der Waals surface area contributed by atoms with E-state index in [0.717, 1.165) is 0 Å². The van der Waals surface area contributed by atoms with Crippen molar-refractivity contribution in [1.29, 1.82) is 0 Å². The number of hydrogen-bond donors (Lipinski definition) is 1. The summed E-state index contributed by atoms with van der Waals surface area (Å²) >= 11 is 0. The van der Waals surface area contributed by atoms with E-state index in [0.29, 0.717) is 17.0 Å². The van der Waals surface area contributed by atoms with Gasteiger partial charge in [-0.25, -0.2) is 4.39 Å². The maximum atomic E-state index is 13.2. The van der Waals surface area contributed by atoms with Crippen LogP contribution in [-0.2, 0) is 14.3 Å². The zero-order chi connectivity index (χ0) is 18.7. The summed E-state index contributed by atoms with van der Waals surface area (Å²) in [6.45, 7) is -0.190. The van der Waals surface area contributed by atoms with Gasteiger partial charge in [0.2, 0.25) is 5.91 Å². The van der Waals surface area contributed by atoms with Gasteiger partial charge in [-0.3, -0.25) is 9.59 Å². The fourth-order valence-corrected chi connectivity index (χ4v) is 2.90. The average Bonchev–Trinajstić information content (AvgIpc) is 2.65. The third-order valence-electron chi connectivity index (χ3n) is 4.29. The van der Waals surface area contributed by atoms with Crippen molar-refractivity contribution in [3.8, 4) is 5.75 Å². The SMILES string of the molecule is COc1cccc(NC(=O)[C@H]2OCC(=O)N(C)[C@H]2c2ccc(F)cc2)c1. The van der Waals surface area contributed by atoms with Crippen LogP contribution in [-0.4, -0.2) is 43.6 Å². The number of methoxy groups -OCH3 is 1. The van der Waals surface area contributed by atoms with Crippen LogP contribution in [0.15, 0.2) is 48.5 Å². The van der Waals surface area contributed by atoms with Crippen molar-refractivity contribution in [2.45, 2.75) is 12.1 Å². The van der Waals surface area contributed by atoms with Crippen LogP contribution in [0.25, 0.3) is 0 Å². The number of halogens is 1. The van der Waals surface area contributed by atoms with Gasteiger partial charge in [-0.05, 0) is 29.8 Å². The van der Waals surface area contributed by atoms with Crippen LogP contribution in [0.1, 0.15) is 11.6 Å². The van der Waals surface area contributed by atoms with Gasteiger partial charge in [0.1, 0.15) is 18.2 Å². The quantitative estimate of drug-likeness (QED) is 0.911. The zero-order valence-electron chi connectivity index (χ0n) is 14.4. The number of nitrogens with one attached hydrogen (secondary N) is 1. The fraction of sp³-hybridized carbons (Fsp3) is 0.263. The largest absolute Gasteiger partial charge is 0.497 e. The monoisotopic (exact) mass is 358 g/mol. The summed E-state index contributed by atoms with van der Waals surface area (Å²) in [6, 6.07) is 12.0. The molecule has 6 nitrogen and oxygen atoms in total. The fourth-order valence-electron chi connectivity index (χ4n) is 2.90. The van der Waals surface area contributed by atoms with E-state index in [1.807, 2.05) is 0 Å². The molecule has 0 radical (unpaired) electrons. The van der Waals surface area contributed by atoms with E-state index in [2.05, 4.69) is 5.32 Å². The van der Waals surface area contributed by atoms with Crippen LogP contribution in [0.5, 0.6) is 5.75 Å². The minimum atomic E-state index is -0.922. The number of nitrogens with zero attached hydrogens (tertiary/aromatic N) is 1. The Bertz CT molecular complexity index is 809. The number of amides is 2. The van der Waals surface area contributed by atoms with Gasteiger partial charge in [-0.15, -0.1) is 0 Å². The second kappa shape index (κ2) is 7.53. The highest BCUT2D eigenvalue weighted by molar-refractivity contribution is 5.96. The van der Waals surface area contributed by atoms with Crippen LogP contribution in [0, 0.1) is 5.82 Å². The Morgan fingerprint density at radius 2 is 2.00 bits per heavy atom. The molecule has 2 atom stereocenters. The first kappa shape index (κ1) is 17.9. The first-order valence-electron chi connectivity index (χ1n) is 8.07. The second-order valence-corrected chi connectivity index (χ2v) is 5.95. The van der Waals surface area contributed by atoms with E-state index in [-0.39, 0.29) is 12.5 Å². The maximum absolute atomic E-state index is 13.2. The molecule has 0 saturated carbocycles. The Morgan fingerprint density at radius 3 is 2.69 bits per heavy atom. The standard InChI is InChI=1S/C19H19FN2O4/c1-22-16(23)11-26-18(17(22)12-6-8-13(20)9-7-12)19(24)21-14-4-3-5-15(10-14)25-2/h3-10,17-18H,11H2,1-2H3,(H,21,24)/t17-,18-/m0/s1. The van der Waals surface area contributed by atoms with Crippen molar-refractivity contribution in [3.63, 3.8) is 0 Å². The lowest BCUT2D eigenvalue weighted by molar-refractivity contribution is -0.160.